The topological polar surface area (TPSA) is 97.1 Å². The van der Waals surface area contributed by atoms with Gasteiger partial charge in [0.05, 0.1) is 23.3 Å². The van der Waals surface area contributed by atoms with Gasteiger partial charge in [-0.1, -0.05) is 18.2 Å². The third-order valence-electron chi connectivity index (χ3n) is 3.05. The zero-order valence-electron chi connectivity index (χ0n) is 11.6. The molecule has 4 N–H and O–H groups in total. The van der Waals surface area contributed by atoms with Crippen LogP contribution in [0.3, 0.4) is 0 Å². The summed E-state index contributed by atoms with van der Waals surface area (Å²) in [5, 5.41) is 6.28. The van der Waals surface area contributed by atoms with Gasteiger partial charge >= 0.3 is 0 Å². The Labute approximate surface area is 122 Å². The maximum atomic E-state index is 11.8. The summed E-state index contributed by atoms with van der Waals surface area (Å²) in [6.07, 6.45) is 1.55. The Balaban J connectivity index is 1.92. The number of nitrogens with zero attached hydrogens (tertiary/aromatic N) is 1. The highest BCUT2D eigenvalue weighted by atomic mass is 16.1. The summed E-state index contributed by atoms with van der Waals surface area (Å²) in [7, 11) is 0. The van der Waals surface area contributed by atoms with E-state index in [2.05, 4.69) is 15.6 Å². The van der Waals surface area contributed by atoms with Crippen LogP contribution in [0, 0.1) is 0 Å². The highest BCUT2D eigenvalue weighted by molar-refractivity contribution is 5.89. The van der Waals surface area contributed by atoms with Crippen molar-refractivity contribution in [3.05, 3.63) is 36.0 Å². The molecule has 110 valence electrons. The van der Waals surface area contributed by atoms with E-state index >= 15 is 0 Å². The maximum absolute atomic E-state index is 11.8. The predicted octanol–water partition coefficient (Wildman–Crippen LogP) is 0.612. The summed E-state index contributed by atoms with van der Waals surface area (Å²) in [5.41, 5.74) is 7.89. The lowest BCUT2D eigenvalue weighted by molar-refractivity contribution is -0.120. The van der Waals surface area contributed by atoms with Crippen molar-refractivity contribution < 1.29 is 9.59 Å². The molecule has 21 heavy (non-hydrogen) atoms. The molecule has 0 saturated carbocycles. The molecular weight excluding hydrogens is 268 g/mol. The molecule has 0 aliphatic rings. The fraction of sp³-hybridized carbons (Fsp3) is 0.267. The number of carbonyl (C=O) groups is 2. The number of fused-ring (bicyclic) bond motifs is 1. The van der Waals surface area contributed by atoms with E-state index in [4.69, 9.17) is 5.73 Å². The minimum Gasteiger partial charge on any atom is -0.397 e. The van der Waals surface area contributed by atoms with Crippen molar-refractivity contribution in [3.63, 3.8) is 0 Å². The van der Waals surface area contributed by atoms with Crippen LogP contribution in [0.5, 0.6) is 0 Å². The molecule has 0 aliphatic carbocycles. The molecule has 1 aromatic carbocycles. The molecule has 1 aromatic heterocycles. The van der Waals surface area contributed by atoms with E-state index in [1.165, 1.54) is 0 Å². The number of carbonyl (C=O) groups excluding carboxylic acids is 2. The first-order chi connectivity index (χ1) is 10.2. The van der Waals surface area contributed by atoms with Crippen LogP contribution in [0.2, 0.25) is 0 Å². The molecule has 6 heteroatoms. The van der Waals surface area contributed by atoms with Crippen molar-refractivity contribution in [2.45, 2.75) is 12.8 Å². The number of aromatic nitrogens is 1. The molecule has 0 bridgehead atoms. The zero-order chi connectivity index (χ0) is 15.1. The number of rotatable bonds is 7. The molecule has 6 nitrogen and oxygen atoms in total. The highest BCUT2D eigenvalue weighted by Crippen LogP contribution is 2.18. The smallest absolute Gasteiger partial charge is 0.226 e. The number of anilines is 1. The molecule has 0 spiro atoms. The van der Waals surface area contributed by atoms with Gasteiger partial charge in [-0.2, -0.15) is 0 Å². The van der Waals surface area contributed by atoms with Crippen LogP contribution in [-0.2, 0) is 16.0 Å². The van der Waals surface area contributed by atoms with Crippen LogP contribution >= 0.6 is 0 Å². The van der Waals surface area contributed by atoms with Crippen LogP contribution in [0.1, 0.15) is 12.1 Å². The average Bonchev–Trinajstić information content (AvgIpc) is 2.48. The minimum atomic E-state index is -0.0949. The van der Waals surface area contributed by atoms with E-state index in [-0.39, 0.29) is 12.3 Å². The number of nitrogens with one attached hydrogen (secondary N) is 2. The molecule has 0 radical (unpaired) electrons. The Morgan fingerprint density at radius 2 is 2.10 bits per heavy atom. The average molecular weight is 286 g/mol. The molecule has 0 fully saturated rings. The van der Waals surface area contributed by atoms with Gasteiger partial charge in [0.2, 0.25) is 12.3 Å². The molecule has 2 rings (SSSR count). The van der Waals surface area contributed by atoms with Crippen molar-refractivity contribution >= 4 is 28.9 Å². The highest BCUT2D eigenvalue weighted by Gasteiger charge is 2.06. The SMILES string of the molecule is Nc1cccc2ccc(CC(=O)NCCCNC=O)nc12. The normalized spacial score (nSPS) is 10.3. The first-order valence-corrected chi connectivity index (χ1v) is 6.78. The molecule has 0 unspecified atom stereocenters. The van der Waals surface area contributed by atoms with Crippen molar-refractivity contribution in [2.24, 2.45) is 0 Å². The lowest BCUT2D eigenvalue weighted by atomic mass is 10.1. The summed E-state index contributed by atoms with van der Waals surface area (Å²) in [6, 6.07) is 9.34. The lowest BCUT2D eigenvalue weighted by Crippen LogP contribution is -2.28. The summed E-state index contributed by atoms with van der Waals surface area (Å²) in [5.74, 6) is -0.0949. The van der Waals surface area contributed by atoms with Gasteiger partial charge in [0, 0.05) is 18.5 Å². The number of para-hydroxylation sites is 1. The van der Waals surface area contributed by atoms with Gasteiger partial charge < -0.3 is 16.4 Å². The van der Waals surface area contributed by atoms with Crippen LogP contribution in [0.25, 0.3) is 10.9 Å². The van der Waals surface area contributed by atoms with E-state index in [1.54, 1.807) is 6.07 Å². The Morgan fingerprint density at radius 1 is 1.24 bits per heavy atom. The Hall–Kier alpha value is -2.63. The number of amides is 2. The Bertz CT molecular complexity index is 643. The van der Waals surface area contributed by atoms with E-state index < -0.39 is 0 Å². The largest absolute Gasteiger partial charge is 0.397 e. The van der Waals surface area contributed by atoms with E-state index in [9.17, 15) is 9.59 Å². The fourth-order valence-corrected chi connectivity index (χ4v) is 2.01. The number of nitrogen functional groups attached to an aromatic ring is 1. The molecule has 0 aliphatic heterocycles. The monoisotopic (exact) mass is 286 g/mol. The van der Waals surface area contributed by atoms with Crippen molar-refractivity contribution in [2.75, 3.05) is 18.8 Å². The minimum absolute atomic E-state index is 0.0949. The molecule has 0 saturated heterocycles. The summed E-state index contributed by atoms with van der Waals surface area (Å²) >= 11 is 0. The van der Waals surface area contributed by atoms with Crippen LogP contribution in [0.15, 0.2) is 30.3 Å². The Kier molecular flexibility index (Phi) is 5.09. The van der Waals surface area contributed by atoms with Crippen LogP contribution in [-0.4, -0.2) is 30.4 Å². The fourth-order valence-electron chi connectivity index (χ4n) is 2.01. The van der Waals surface area contributed by atoms with Gasteiger partial charge in [-0.25, -0.2) is 0 Å². The second-order valence-electron chi connectivity index (χ2n) is 4.67. The van der Waals surface area contributed by atoms with E-state index in [0.717, 1.165) is 10.9 Å². The standard InChI is InChI=1S/C15H18N4O2/c16-13-4-1-3-11-5-6-12(19-15(11)13)9-14(21)18-8-2-7-17-10-20/h1,3-6,10H,2,7-9,16H2,(H,17,20)(H,18,21). The van der Waals surface area contributed by atoms with Gasteiger partial charge in [-0.3, -0.25) is 14.6 Å². The maximum Gasteiger partial charge on any atom is 0.226 e. The molecule has 0 atom stereocenters. The molecule has 2 aromatic rings. The summed E-state index contributed by atoms with van der Waals surface area (Å²) in [4.78, 5) is 26.3. The van der Waals surface area contributed by atoms with Crippen LogP contribution < -0.4 is 16.4 Å². The summed E-state index contributed by atoms with van der Waals surface area (Å²) in [6.45, 7) is 1.07. The number of hydrogen-bond donors (Lipinski definition) is 3. The van der Waals surface area contributed by atoms with Crippen molar-refractivity contribution in [1.29, 1.82) is 0 Å². The van der Waals surface area contributed by atoms with Gasteiger partial charge in [-0.05, 0) is 18.6 Å². The predicted molar refractivity (Wildman–Crippen MR) is 81.6 cm³/mol. The van der Waals surface area contributed by atoms with Gasteiger partial charge in [0.15, 0.2) is 0 Å². The third-order valence-corrected chi connectivity index (χ3v) is 3.05. The van der Waals surface area contributed by atoms with Gasteiger partial charge in [-0.15, -0.1) is 0 Å². The van der Waals surface area contributed by atoms with E-state index in [1.807, 2.05) is 24.3 Å². The number of hydrogen-bond acceptors (Lipinski definition) is 4. The van der Waals surface area contributed by atoms with Gasteiger partial charge in [0.1, 0.15) is 0 Å². The second kappa shape index (κ2) is 7.23. The van der Waals surface area contributed by atoms with Gasteiger partial charge in [0.25, 0.3) is 0 Å². The molecule has 1 heterocycles. The second-order valence-corrected chi connectivity index (χ2v) is 4.67. The zero-order valence-corrected chi connectivity index (χ0v) is 11.6. The molecular formula is C15H18N4O2. The van der Waals surface area contributed by atoms with Crippen LogP contribution in [0.4, 0.5) is 5.69 Å². The number of nitrogens with two attached hydrogens (primary N) is 1. The number of pyridine rings is 1. The third kappa shape index (κ3) is 4.17. The summed E-state index contributed by atoms with van der Waals surface area (Å²) < 4.78 is 0. The van der Waals surface area contributed by atoms with Crippen molar-refractivity contribution in [3.8, 4) is 0 Å². The molecule has 2 amide bonds. The Morgan fingerprint density at radius 3 is 2.90 bits per heavy atom. The lowest BCUT2D eigenvalue weighted by Gasteiger charge is -2.06. The van der Waals surface area contributed by atoms with E-state index in [0.29, 0.717) is 37.3 Å². The first kappa shape index (κ1) is 14.8. The first-order valence-electron chi connectivity index (χ1n) is 6.78. The number of benzene rings is 1. The quantitative estimate of drug-likeness (QED) is 0.395. The van der Waals surface area contributed by atoms with Crippen molar-refractivity contribution in [1.82, 2.24) is 15.6 Å².